The second-order valence-electron chi connectivity index (χ2n) is 8.84. The Balaban J connectivity index is 2.28. The maximum Gasteiger partial charge on any atom is 0.419 e. The predicted molar refractivity (Wildman–Crippen MR) is 115 cm³/mol. The molecule has 3 rings (SSSR count). The molecule has 4 heteroatoms. The first-order chi connectivity index (χ1) is 13.0. The molecule has 0 saturated carbocycles. The van der Waals surface area contributed by atoms with E-state index >= 15 is 0 Å². The molecule has 0 aliphatic carbocycles. The van der Waals surface area contributed by atoms with E-state index in [1.165, 1.54) is 0 Å². The molecule has 1 heterocycles. The number of allylic oxidation sites excluding steroid dienone is 1. The number of anilines is 2. The Morgan fingerprint density at radius 3 is 2.29 bits per heavy atom. The number of fused-ring (bicyclic) bond motifs is 2. The molecule has 4 nitrogen and oxygen atoms in total. The number of ether oxygens (including phenoxy) is 2. The highest BCUT2D eigenvalue weighted by molar-refractivity contribution is 6.01. The van der Waals surface area contributed by atoms with Crippen LogP contribution in [-0.2, 0) is 10.2 Å². The van der Waals surface area contributed by atoms with Gasteiger partial charge in [-0.1, -0.05) is 38.1 Å². The van der Waals surface area contributed by atoms with Gasteiger partial charge in [0.15, 0.2) is 0 Å². The molecule has 1 aliphatic rings. The zero-order valence-electron chi connectivity index (χ0n) is 17.8. The van der Waals surface area contributed by atoms with Crippen molar-refractivity contribution in [2.45, 2.75) is 52.6 Å². The standard InChI is InChI=1S/C24H29NO3/c1-15(2)16-9-12-20-19(13-16)24(6,7)18-11-10-17(27-8)14-21(18)25(20)22(26)28-23(3,4)5/h9-14H,1H2,2-8H3. The first-order valence-electron chi connectivity index (χ1n) is 9.48. The molecule has 0 spiro atoms. The lowest BCUT2D eigenvalue weighted by atomic mass is 9.73. The molecular formula is C24H29NO3. The van der Waals surface area contributed by atoms with E-state index in [4.69, 9.17) is 9.47 Å². The Bertz CT molecular complexity index is 951. The molecule has 148 valence electrons. The molecular weight excluding hydrogens is 350 g/mol. The molecule has 0 atom stereocenters. The zero-order chi connectivity index (χ0) is 20.9. The Morgan fingerprint density at radius 1 is 1.04 bits per heavy atom. The third-order valence-corrected chi connectivity index (χ3v) is 5.10. The normalized spacial score (nSPS) is 14.8. The molecule has 0 unspecified atom stereocenters. The summed E-state index contributed by atoms with van der Waals surface area (Å²) in [5.74, 6) is 0.699. The number of rotatable bonds is 2. The molecule has 0 radical (unpaired) electrons. The van der Waals surface area contributed by atoms with Crippen LogP contribution in [0.3, 0.4) is 0 Å². The van der Waals surface area contributed by atoms with E-state index in [9.17, 15) is 4.79 Å². The maximum absolute atomic E-state index is 13.2. The van der Waals surface area contributed by atoms with Gasteiger partial charge in [-0.15, -0.1) is 0 Å². The van der Waals surface area contributed by atoms with Crippen molar-refractivity contribution in [2.24, 2.45) is 0 Å². The minimum absolute atomic E-state index is 0.291. The van der Waals surface area contributed by atoms with Gasteiger partial charge in [0.2, 0.25) is 0 Å². The number of carbonyl (C=O) groups excluding carboxylic acids is 1. The summed E-state index contributed by atoms with van der Waals surface area (Å²) in [5, 5.41) is 0. The van der Waals surface area contributed by atoms with Crippen molar-refractivity contribution in [3.05, 3.63) is 59.7 Å². The van der Waals surface area contributed by atoms with Gasteiger partial charge in [-0.25, -0.2) is 9.69 Å². The number of carbonyl (C=O) groups is 1. The minimum Gasteiger partial charge on any atom is -0.497 e. The highest BCUT2D eigenvalue weighted by Crippen LogP contribution is 2.50. The summed E-state index contributed by atoms with van der Waals surface area (Å²) in [5.41, 5.74) is 4.89. The summed E-state index contributed by atoms with van der Waals surface area (Å²) < 4.78 is 11.2. The number of nitrogens with zero attached hydrogens (tertiary/aromatic N) is 1. The first kappa shape index (κ1) is 20.0. The van der Waals surface area contributed by atoms with Crippen LogP contribution in [0.5, 0.6) is 5.75 Å². The number of benzene rings is 2. The van der Waals surface area contributed by atoms with Crippen LogP contribution in [0.2, 0.25) is 0 Å². The molecule has 2 aromatic carbocycles. The molecule has 0 aromatic heterocycles. The Morgan fingerprint density at radius 2 is 1.71 bits per heavy atom. The lowest BCUT2D eigenvalue weighted by molar-refractivity contribution is 0.0597. The lowest BCUT2D eigenvalue weighted by Crippen LogP contribution is -2.39. The van der Waals surface area contributed by atoms with Crippen molar-refractivity contribution in [1.29, 1.82) is 0 Å². The van der Waals surface area contributed by atoms with Crippen molar-refractivity contribution in [1.82, 2.24) is 0 Å². The average Bonchev–Trinajstić information content (AvgIpc) is 2.59. The summed E-state index contributed by atoms with van der Waals surface area (Å²) >= 11 is 0. The maximum atomic E-state index is 13.2. The van der Waals surface area contributed by atoms with Crippen LogP contribution in [0.1, 0.15) is 58.2 Å². The fraction of sp³-hybridized carbons (Fsp3) is 0.375. The van der Waals surface area contributed by atoms with E-state index in [0.29, 0.717) is 5.75 Å². The smallest absolute Gasteiger partial charge is 0.419 e. The molecule has 1 aliphatic heterocycles. The van der Waals surface area contributed by atoms with Crippen molar-refractivity contribution in [3.8, 4) is 5.75 Å². The third-order valence-electron chi connectivity index (χ3n) is 5.10. The first-order valence-corrected chi connectivity index (χ1v) is 9.48. The quantitative estimate of drug-likeness (QED) is 0.602. The zero-order valence-corrected chi connectivity index (χ0v) is 17.8. The van der Waals surface area contributed by atoms with Crippen LogP contribution in [0.15, 0.2) is 43.0 Å². The molecule has 2 aromatic rings. The van der Waals surface area contributed by atoms with Crippen molar-refractivity contribution in [2.75, 3.05) is 12.0 Å². The van der Waals surface area contributed by atoms with Gasteiger partial charge in [-0.2, -0.15) is 0 Å². The second kappa shape index (κ2) is 6.69. The highest BCUT2D eigenvalue weighted by Gasteiger charge is 2.40. The number of hydrogen-bond acceptors (Lipinski definition) is 3. The number of methoxy groups -OCH3 is 1. The predicted octanol–water partition coefficient (Wildman–Crippen LogP) is 6.44. The molecule has 0 fully saturated rings. The average molecular weight is 380 g/mol. The fourth-order valence-corrected chi connectivity index (χ4v) is 3.63. The van der Waals surface area contributed by atoms with E-state index in [2.05, 4.69) is 26.5 Å². The Labute approximate surface area is 167 Å². The topological polar surface area (TPSA) is 38.8 Å². The molecule has 0 N–H and O–H groups in total. The van der Waals surface area contributed by atoms with Crippen molar-refractivity contribution in [3.63, 3.8) is 0 Å². The van der Waals surface area contributed by atoms with Gasteiger partial charge in [0.1, 0.15) is 11.4 Å². The van der Waals surface area contributed by atoms with Gasteiger partial charge >= 0.3 is 6.09 Å². The van der Waals surface area contributed by atoms with Gasteiger partial charge in [-0.05, 0) is 62.6 Å². The molecule has 1 amide bonds. The van der Waals surface area contributed by atoms with Crippen LogP contribution in [-0.4, -0.2) is 18.8 Å². The second-order valence-corrected chi connectivity index (χ2v) is 8.84. The third kappa shape index (κ3) is 3.39. The van der Waals surface area contributed by atoms with Gasteiger partial charge in [0.25, 0.3) is 0 Å². The van der Waals surface area contributed by atoms with E-state index in [1.54, 1.807) is 12.0 Å². The SMILES string of the molecule is C=C(C)c1ccc2c(c1)C(C)(C)c1ccc(OC)cc1N2C(=O)OC(C)(C)C. The van der Waals surface area contributed by atoms with Crippen LogP contribution in [0.25, 0.3) is 5.57 Å². The van der Waals surface area contributed by atoms with Gasteiger partial charge in [0, 0.05) is 11.5 Å². The molecule has 0 saturated heterocycles. The lowest BCUT2D eigenvalue weighted by Gasteiger charge is -2.41. The Hall–Kier alpha value is -2.75. The van der Waals surface area contributed by atoms with Gasteiger partial charge in [-0.3, -0.25) is 0 Å². The summed E-state index contributed by atoms with van der Waals surface area (Å²) in [6.45, 7) is 16.0. The summed E-state index contributed by atoms with van der Waals surface area (Å²) in [6.07, 6.45) is -0.401. The van der Waals surface area contributed by atoms with E-state index in [0.717, 1.165) is 33.6 Å². The number of hydrogen-bond donors (Lipinski definition) is 0. The monoisotopic (exact) mass is 379 g/mol. The number of amides is 1. The van der Waals surface area contributed by atoms with Crippen molar-refractivity contribution >= 4 is 23.0 Å². The fourth-order valence-electron chi connectivity index (χ4n) is 3.63. The molecule has 28 heavy (non-hydrogen) atoms. The summed E-state index contributed by atoms with van der Waals surface area (Å²) in [7, 11) is 1.63. The van der Waals surface area contributed by atoms with E-state index < -0.39 is 11.7 Å². The van der Waals surface area contributed by atoms with Gasteiger partial charge < -0.3 is 9.47 Å². The van der Waals surface area contributed by atoms with Crippen molar-refractivity contribution < 1.29 is 14.3 Å². The highest BCUT2D eigenvalue weighted by atomic mass is 16.6. The van der Waals surface area contributed by atoms with Crippen LogP contribution >= 0.6 is 0 Å². The minimum atomic E-state index is -0.596. The van der Waals surface area contributed by atoms with E-state index in [1.807, 2.05) is 58.0 Å². The Kier molecular flexibility index (Phi) is 4.78. The van der Waals surface area contributed by atoms with Crippen LogP contribution in [0.4, 0.5) is 16.2 Å². The largest absolute Gasteiger partial charge is 0.497 e. The van der Waals surface area contributed by atoms with Crippen LogP contribution < -0.4 is 9.64 Å². The van der Waals surface area contributed by atoms with E-state index in [-0.39, 0.29) is 5.41 Å². The molecule has 0 bridgehead atoms. The van der Waals surface area contributed by atoms with Gasteiger partial charge in [0.05, 0.1) is 18.5 Å². The summed E-state index contributed by atoms with van der Waals surface area (Å²) in [6, 6.07) is 12.0. The van der Waals surface area contributed by atoms with Crippen LogP contribution in [0, 0.1) is 0 Å². The summed E-state index contributed by atoms with van der Waals surface area (Å²) in [4.78, 5) is 14.9.